The molecule has 0 unspecified atom stereocenters. The van der Waals surface area contributed by atoms with Gasteiger partial charge in [-0.3, -0.25) is 0 Å². The van der Waals surface area contributed by atoms with Crippen LogP contribution in [0.2, 0.25) is 0 Å². The monoisotopic (exact) mass is 308 g/mol. The summed E-state index contributed by atoms with van der Waals surface area (Å²) in [6.07, 6.45) is 0. The number of hydrogen-bond donors (Lipinski definition) is 1. The summed E-state index contributed by atoms with van der Waals surface area (Å²) < 4.78 is 13.5. The van der Waals surface area contributed by atoms with E-state index in [1.54, 1.807) is 19.1 Å². The van der Waals surface area contributed by atoms with Crippen molar-refractivity contribution in [3.05, 3.63) is 52.3 Å². The van der Waals surface area contributed by atoms with E-state index in [1.165, 1.54) is 24.3 Å². The summed E-state index contributed by atoms with van der Waals surface area (Å²) in [6.45, 7) is 1.77. The van der Waals surface area contributed by atoms with Gasteiger partial charge in [0.2, 0.25) is 0 Å². The maximum absolute atomic E-state index is 12.7. The van der Waals surface area contributed by atoms with E-state index in [0.29, 0.717) is 16.9 Å². The molecule has 0 aliphatic heterocycles. The predicted molar refractivity (Wildman–Crippen MR) is 71.1 cm³/mol. The van der Waals surface area contributed by atoms with E-state index < -0.39 is 0 Å². The van der Waals surface area contributed by atoms with Gasteiger partial charge in [0.05, 0.1) is 5.69 Å². The number of benzene rings is 2. The number of nitrogens with zero attached hydrogens (tertiary/aromatic N) is 2. The second-order valence-corrected chi connectivity index (χ2v) is 4.68. The first kappa shape index (κ1) is 12.7. The molecule has 0 radical (unpaired) electrons. The summed E-state index contributed by atoms with van der Waals surface area (Å²) in [4.78, 5) is 0. The van der Waals surface area contributed by atoms with Crippen molar-refractivity contribution in [2.24, 2.45) is 10.2 Å². The molecule has 5 heteroatoms. The van der Waals surface area contributed by atoms with E-state index in [1.807, 2.05) is 0 Å². The summed E-state index contributed by atoms with van der Waals surface area (Å²) in [5.74, 6) is -0.237. The van der Waals surface area contributed by atoms with Crippen molar-refractivity contribution in [2.45, 2.75) is 6.92 Å². The van der Waals surface area contributed by atoms with Crippen molar-refractivity contribution in [1.29, 1.82) is 0 Å². The molecular weight excluding hydrogens is 299 g/mol. The highest BCUT2D eigenvalue weighted by molar-refractivity contribution is 9.10. The van der Waals surface area contributed by atoms with Crippen LogP contribution in [-0.4, -0.2) is 5.11 Å². The number of aromatic hydroxyl groups is 1. The Hall–Kier alpha value is -1.75. The largest absolute Gasteiger partial charge is 0.505 e. The second-order valence-electron chi connectivity index (χ2n) is 3.77. The van der Waals surface area contributed by atoms with E-state index in [9.17, 15) is 9.50 Å². The van der Waals surface area contributed by atoms with Gasteiger partial charge in [-0.15, -0.1) is 5.11 Å². The van der Waals surface area contributed by atoms with Crippen LogP contribution in [0.1, 0.15) is 5.56 Å². The molecule has 0 fully saturated rings. The van der Waals surface area contributed by atoms with Crippen LogP contribution in [0.15, 0.2) is 51.1 Å². The van der Waals surface area contributed by atoms with Gasteiger partial charge in [-0.1, -0.05) is 15.9 Å². The van der Waals surface area contributed by atoms with E-state index in [0.717, 1.165) is 4.47 Å². The first-order valence-electron chi connectivity index (χ1n) is 5.22. The van der Waals surface area contributed by atoms with Gasteiger partial charge in [-0.05, 0) is 48.9 Å². The van der Waals surface area contributed by atoms with Crippen molar-refractivity contribution in [3.63, 3.8) is 0 Å². The van der Waals surface area contributed by atoms with Crippen LogP contribution in [0, 0.1) is 12.7 Å². The molecule has 3 nitrogen and oxygen atoms in total. The highest BCUT2D eigenvalue weighted by atomic mass is 79.9. The Morgan fingerprint density at radius 1 is 1.11 bits per heavy atom. The molecule has 0 aliphatic carbocycles. The van der Waals surface area contributed by atoms with E-state index >= 15 is 0 Å². The maximum atomic E-state index is 12.7. The van der Waals surface area contributed by atoms with Crippen LogP contribution in [0.3, 0.4) is 0 Å². The Morgan fingerprint density at radius 3 is 2.44 bits per heavy atom. The molecule has 0 heterocycles. The summed E-state index contributed by atoms with van der Waals surface area (Å²) >= 11 is 3.32. The standard InChI is InChI=1S/C13H10BrFN2O/c1-8-6-9(14)7-12(13(8)18)17-16-11-4-2-10(15)3-5-11/h2-7,18H,1H3. The van der Waals surface area contributed by atoms with E-state index in [2.05, 4.69) is 26.2 Å². The zero-order valence-electron chi connectivity index (χ0n) is 9.56. The van der Waals surface area contributed by atoms with Gasteiger partial charge in [-0.2, -0.15) is 5.11 Å². The molecule has 0 saturated heterocycles. The third-order valence-corrected chi connectivity index (χ3v) is 2.80. The maximum Gasteiger partial charge on any atom is 0.146 e. The van der Waals surface area contributed by atoms with Gasteiger partial charge in [0, 0.05) is 4.47 Å². The molecule has 0 bridgehead atoms. The molecule has 18 heavy (non-hydrogen) atoms. The molecule has 0 aromatic heterocycles. The predicted octanol–water partition coefficient (Wildman–Crippen LogP) is 5.02. The number of halogens is 2. The van der Waals surface area contributed by atoms with Crippen molar-refractivity contribution < 1.29 is 9.50 Å². The fraction of sp³-hybridized carbons (Fsp3) is 0.0769. The fourth-order valence-electron chi connectivity index (χ4n) is 1.41. The van der Waals surface area contributed by atoms with Gasteiger partial charge < -0.3 is 5.11 Å². The molecule has 92 valence electrons. The van der Waals surface area contributed by atoms with Gasteiger partial charge in [0.1, 0.15) is 17.3 Å². The number of phenolic OH excluding ortho intramolecular Hbond substituents is 1. The smallest absolute Gasteiger partial charge is 0.146 e. The van der Waals surface area contributed by atoms with E-state index in [4.69, 9.17) is 0 Å². The highest BCUT2D eigenvalue weighted by Gasteiger charge is 2.05. The lowest BCUT2D eigenvalue weighted by Crippen LogP contribution is -1.76. The van der Waals surface area contributed by atoms with Gasteiger partial charge in [-0.25, -0.2) is 4.39 Å². The minimum Gasteiger partial charge on any atom is -0.505 e. The van der Waals surface area contributed by atoms with Crippen molar-refractivity contribution in [1.82, 2.24) is 0 Å². The minimum absolute atomic E-state index is 0.0871. The zero-order valence-corrected chi connectivity index (χ0v) is 11.1. The van der Waals surface area contributed by atoms with E-state index in [-0.39, 0.29) is 11.6 Å². The van der Waals surface area contributed by atoms with Crippen molar-refractivity contribution >= 4 is 27.3 Å². The Bertz CT molecular complexity index is 597. The summed E-state index contributed by atoms with van der Waals surface area (Å²) in [7, 11) is 0. The minimum atomic E-state index is -0.324. The van der Waals surface area contributed by atoms with Gasteiger partial charge >= 0.3 is 0 Å². The van der Waals surface area contributed by atoms with Crippen LogP contribution < -0.4 is 0 Å². The molecular formula is C13H10BrFN2O. The Kier molecular flexibility index (Phi) is 3.72. The molecule has 2 aromatic carbocycles. The highest BCUT2D eigenvalue weighted by Crippen LogP contribution is 2.34. The van der Waals surface area contributed by atoms with Crippen LogP contribution in [-0.2, 0) is 0 Å². The first-order chi connectivity index (χ1) is 8.56. The van der Waals surface area contributed by atoms with Crippen LogP contribution in [0.25, 0.3) is 0 Å². The molecule has 2 rings (SSSR count). The number of hydrogen-bond acceptors (Lipinski definition) is 3. The van der Waals surface area contributed by atoms with Gasteiger partial charge in [0.25, 0.3) is 0 Å². The normalized spacial score (nSPS) is 11.1. The summed E-state index contributed by atoms with van der Waals surface area (Å²) in [6, 6.07) is 9.09. The molecule has 0 saturated carbocycles. The zero-order chi connectivity index (χ0) is 13.1. The lowest BCUT2D eigenvalue weighted by molar-refractivity contribution is 0.472. The van der Waals surface area contributed by atoms with Crippen LogP contribution in [0.5, 0.6) is 5.75 Å². The number of aryl methyl sites for hydroxylation is 1. The second kappa shape index (κ2) is 5.27. The lowest BCUT2D eigenvalue weighted by Gasteiger charge is -2.02. The van der Waals surface area contributed by atoms with Crippen LogP contribution in [0.4, 0.5) is 15.8 Å². The Morgan fingerprint density at radius 2 is 1.78 bits per heavy atom. The third-order valence-electron chi connectivity index (χ3n) is 2.34. The molecule has 2 aromatic rings. The van der Waals surface area contributed by atoms with Crippen molar-refractivity contribution in [2.75, 3.05) is 0 Å². The molecule has 0 amide bonds. The molecule has 0 atom stereocenters. The number of azo groups is 1. The number of rotatable bonds is 2. The number of phenols is 1. The quantitative estimate of drug-likeness (QED) is 0.778. The van der Waals surface area contributed by atoms with Crippen LogP contribution >= 0.6 is 15.9 Å². The summed E-state index contributed by atoms with van der Waals surface area (Å²) in [5.41, 5.74) is 1.59. The van der Waals surface area contributed by atoms with Gasteiger partial charge in [0.15, 0.2) is 0 Å². The average molecular weight is 309 g/mol. The first-order valence-corrected chi connectivity index (χ1v) is 6.02. The molecule has 0 spiro atoms. The fourth-order valence-corrected chi connectivity index (χ4v) is 1.97. The molecule has 0 aliphatic rings. The van der Waals surface area contributed by atoms with Crippen molar-refractivity contribution in [3.8, 4) is 5.75 Å². The average Bonchev–Trinajstić information content (AvgIpc) is 2.34. The lowest BCUT2D eigenvalue weighted by atomic mass is 10.2. The molecule has 1 N–H and O–H groups in total. The Balaban J connectivity index is 2.31. The third kappa shape index (κ3) is 2.92. The topological polar surface area (TPSA) is 45.0 Å². The SMILES string of the molecule is Cc1cc(Br)cc(N=Nc2ccc(F)cc2)c1O. The summed E-state index contributed by atoms with van der Waals surface area (Å²) in [5, 5.41) is 17.7. The Labute approximate surface area is 112 Å².